The maximum atomic E-state index is 11.4. The summed E-state index contributed by atoms with van der Waals surface area (Å²) in [6.45, 7) is 0. The Morgan fingerprint density at radius 1 is 0.516 bits per heavy atom. The fraction of sp³-hybridized carbons (Fsp3) is 0.741. The standard InChI is InChI=1S/C27H46O4/c28-25-21-23-26(29)22-19-17-15-13-11-9-7-5-3-1-2-4-6-8-10-12-14-16-18-20-24-27(30)31/h1-2,6,8,25H,3-5,7,9-24H2,(H,30,31). The molecular weight excluding hydrogens is 388 g/mol. The van der Waals surface area contributed by atoms with Crippen molar-refractivity contribution in [3.8, 4) is 0 Å². The van der Waals surface area contributed by atoms with Crippen LogP contribution in [0.2, 0.25) is 0 Å². The van der Waals surface area contributed by atoms with Gasteiger partial charge in [-0.15, -0.1) is 0 Å². The van der Waals surface area contributed by atoms with E-state index < -0.39 is 5.97 Å². The normalized spacial score (nSPS) is 11.5. The Bertz CT molecular complexity index is 493. The van der Waals surface area contributed by atoms with Crippen LogP contribution in [0.3, 0.4) is 0 Å². The molecule has 0 bridgehead atoms. The van der Waals surface area contributed by atoms with Crippen LogP contribution in [-0.2, 0) is 14.4 Å². The molecule has 0 aliphatic carbocycles. The first-order valence-corrected chi connectivity index (χ1v) is 12.6. The highest BCUT2D eigenvalue weighted by atomic mass is 16.4. The molecule has 0 fully saturated rings. The van der Waals surface area contributed by atoms with E-state index in [0.29, 0.717) is 25.7 Å². The molecule has 0 saturated carbocycles. The van der Waals surface area contributed by atoms with E-state index in [1.165, 1.54) is 57.8 Å². The molecule has 0 spiro atoms. The first-order valence-electron chi connectivity index (χ1n) is 12.6. The Kier molecular flexibility index (Phi) is 23.2. The summed E-state index contributed by atoms with van der Waals surface area (Å²) >= 11 is 0. The Hall–Kier alpha value is -1.71. The van der Waals surface area contributed by atoms with Gasteiger partial charge in [0.1, 0.15) is 12.1 Å². The maximum Gasteiger partial charge on any atom is 0.303 e. The zero-order valence-electron chi connectivity index (χ0n) is 19.7. The van der Waals surface area contributed by atoms with E-state index in [1.807, 2.05) is 0 Å². The molecule has 0 aromatic rings. The predicted octanol–water partition coefficient (Wildman–Crippen LogP) is 7.75. The molecule has 178 valence electrons. The lowest BCUT2D eigenvalue weighted by molar-refractivity contribution is -0.137. The predicted molar refractivity (Wildman–Crippen MR) is 129 cm³/mol. The number of hydrogen-bond donors (Lipinski definition) is 1. The van der Waals surface area contributed by atoms with Crippen LogP contribution in [0.25, 0.3) is 0 Å². The third-order valence-corrected chi connectivity index (χ3v) is 5.48. The minimum atomic E-state index is -0.682. The van der Waals surface area contributed by atoms with Gasteiger partial charge in [-0.05, 0) is 44.9 Å². The number of Topliss-reactive ketones (excluding diaryl/α,β-unsaturated/α-hetero) is 1. The van der Waals surface area contributed by atoms with E-state index in [9.17, 15) is 14.4 Å². The monoisotopic (exact) mass is 434 g/mol. The smallest absolute Gasteiger partial charge is 0.303 e. The van der Waals surface area contributed by atoms with Crippen molar-refractivity contribution in [2.75, 3.05) is 0 Å². The molecule has 0 aromatic heterocycles. The van der Waals surface area contributed by atoms with Crippen LogP contribution >= 0.6 is 0 Å². The zero-order chi connectivity index (χ0) is 22.8. The second kappa shape index (κ2) is 24.6. The summed E-state index contributed by atoms with van der Waals surface area (Å²) in [6, 6.07) is 0. The van der Waals surface area contributed by atoms with E-state index in [2.05, 4.69) is 24.3 Å². The summed E-state index contributed by atoms with van der Waals surface area (Å²) in [5, 5.41) is 8.57. The number of carbonyl (C=O) groups is 3. The number of allylic oxidation sites excluding steroid dienone is 4. The molecule has 0 aliphatic rings. The summed E-state index contributed by atoms with van der Waals surface area (Å²) in [6.07, 6.45) is 30.1. The zero-order valence-corrected chi connectivity index (χ0v) is 19.7. The van der Waals surface area contributed by atoms with E-state index in [-0.39, 0.29) is 5.78 Å². The number of unbranched alkanes of at least 4 members (excludes halogenated alkanes) is 13. The maximum absolute atomic E-state index is 11.4. The van der Waals surface area contributed by atoms with Crippen LogP contribution in [0.5, 0.6) is 0 Å². The number of rotatable bonds is 24. The topological polar surface area (TPSA) is 71.4 Å². The molecule has 31 heavy (non-hydrogen) atoms. The number of carboxylic acids is 1. The van der Waals surface area contributed by atoms with Crippen molar-refractivity contribution in [1.29, 1.82) is 0 Å². The van der Waals surface area contributed by atoms with Crippen LogP contribution < -0.4 is 0 Å². The van der Waals surface area contributed by atoms with Gasteiger partial charge in [-0.1, -0.05) is 82.1 Å². The van der Waals surface area contributed by atoms with Crippen molar-refractivity contribution in [3.05, 3.63) is 24.3 Å². The molecular formula is C27H46O4. The first kappa shape index (κ1) is 29.3. The van der Waals surface area contributed by atoms with E-state index in [0.717, 1.165) is 51.2 Å². The lowest BCUT2D eigenvalue weighted by Gasteiger charge is -2.02. The average molecular weight is 435 g/mol. The van der Waals surface area contributed by atoms with Gasteiger partial charge in [0.05, 0.1) is 0 Å². The summed E-state index contributed by atoms with van der Waals surface area (Å²) in [4.78, 5) is 32.1. The highest BCUT2D eigenvalue weighted by Crippen LogP contribution is 2.12. The minimum absolute atomic E-state index is 0.234. The van der Waals surface area contributed by atoms with Crippen molar-refractivity contribution in [2.24, 2.45) is 0 Å². The highest BCUT2D eigenvalue weighted by molar-refractivity contribution is 5.80. The molecule has 0 unspecified atom stereocenters. The molecule has 0 saturated heterocycles. The van der Waals surface area contributed by atoms with Gasteiger partial charge in [0, 0.05) is 25.7 Å². The molecule has 4 nitrogen and oxygen atoms in total. The summed E-state index contributed by atoms with van der Waals surface area (Å²) < 4.78 is 0. The van der Waals surface area contributed by atoms with Crippen molar-refractivity contribution < 1.29 is 19.5 Å². The Morgan fingerprint density at radius 3 is 1.45 bits per heavy atom. The third kappa shape index (κ3) is 26.3. The molecule has 0 radical (unpaired) electrons. The molecule has 4 heteroatoms. The van der Waals surface area contributed by atoms with Gasteiger partial charge in [0.2, 0.25) is 0 Å². The van der Waals surface area contributed by atoms with Crippen LogP contribution in [-0.4, -0.2) is 23.1 Å². The van der Waals surface area contributed by atoms with Crippen molar-refractivity contribution in [3.63, 3.8) is 0 Å². The number of aldehydes is 1. The quantitative estimate of drug-likeness (QED) is 0.0957. The van der Waals surface area contributed by atoms with Crippen molar-refractivity contribution in [1.82, 2.24) is 0 Å². The Balaban J connectivity index is 3.23. The van der Waals surface area contributed by atoms with Crippen LogP contribution in [0.1, 0.15) is 128 Å². The van der Waals surface area contributed by atoms with E-state index >= 15 is 0 Å². The van der Waals surface area contributed by atoms with Gasteiger partial charge in [-0.3, -0.25) is 9.59 Å². The fourth-order valence-corrected chi connectivity index (χ4v) is 3.57. The van der Waals surface area contributed by atoms with Gasteiger partial charge in [-0.25, -0.2) is 0 Å². The fourth-order valence-electron chi connectivity index (χ4n) is 3.57. The lowest BCUT2D eigenvalue weighted by atomic mass is 10.0. The molecule has 0 aliphatic heterocycles. The first-order chi connectivity index (χ1) is 15.2. The summed E-state index contributed by atoms with van der Waals surface area (Å²) in [5.74, 6) is -0.449. The van der Waals surface area contributed by atoms with Gasteiger partial charge >= 0.3 is 5.97 Å². The molecule has 1 N–H and O–H groups in total. The van der Waals surface area contributed by atoms with Gasteiger partial charge in [-0.2, -0.15) is 0 Å². The summed E-state index contributed by atoms with van der Waals surface area (Å²) in [7, 11) is 0. The van der Waals surface area contributed by atoms with Gasteiger partial charge < -0.3 is 9.90 Å². The van der Waals surface area contributed by atoms with Crippen LogP contribution in [0.4, 0.5) is 0 Å². The highest BCUT2D eigenvalue weighted by Gasteiger charge is 2.01. The minimum Gasteiger partial charge on any atom is -0.481 e. The largest absolute Gasteiger partial charge is 0.481 e. The lowest BCUT2D eigenvalue weighted by Crippen LogP contribution is -1.97. The molecule has 0 amide bonds. The van der Waals surface area contributed by atoms with E-state index in [4.69, 9.17) is 5.11 Å². The van der Waals surface area contributed by atoms with Crippen molar-refractivity contribution in [2.45, 2.75) is 128 Å². The second-order valence-electron chi connectivity index (χ2n) is 8.49. The van der Waals surface area contributed by atoms with Crippen LogP contribution in [0.15, 0.2) is 24.3 Å². The Labute approximate surface area is 190 Å². The Morgan fingerprint density at radius 2 is 0.968 bits per heavy atom. The van der Waals surface area contributed by atoms with Gasteiger partial charge in [0.25, 0.3) is 0 Å². The SMILES string of the molecule is O=CCCC(=O)CCCCCCCCCCC=CCC=CCCCCCCCC(=O)O. The van der Waals surface area contributed by atoms with E-state index in [1.54, 1.807) is 0 Å². The number of carbonyl (C=O) groups excluding carboxylic acids is 2. The number of aliphatic carboxylic acids is 1. The third-order valence-electron chi connectivity index (χ3n) is 5.48. The molecule has 0 rings (SSSR count). The number of hydrogen-bond acceptors (Lipinski definition) is 3. The average Bonchev–Trinajstić information content (AvgIpc) is 2.75. The molecule has 0 atom stereocenters. The molecule has 0 aromatic carbocycles. The number of ketones is 1. The molecule has 0 heterocycles. The van der Waals surface area contributed by atoms with Crippen molar-refractivity contribution >= 4 is 18.0 Å². The summed E-state index contributed by atoms with van der Waals surface area (Å²) in [5.41, 5.74) is 0. The number of carboxylic acid groups (broad SMARTS) is 1. The second-order valence-corrected chi connectivity index (χ2v) is 8.49. The van der Waals surface area contributed by atoms with Gasteiger partial charge in [0.15, 0.2) is 0 Å². The van der Waals surface area contributed by atoms with Crippen LogP contribution in [0, 0.1) is 0 Å².